The molecule has 1 atom stereocenters. The predicted molar refractivity (Wildman–Crippen MR) is 177 cm³/mol. The summed E-state index contributed by atoms with van der Waals surface area (Å²) in [5.74, 6) is -2.81. The number of alkyl halides is 8. The Morgan fingerprint density at radius 3 is 2.45 bits per heavy atom. The van der Waals surface area contributed by atoms with Gasteiger partial charge in [-0.25, -0.2) is 23.4 Å². The first-order valence-electron chi connectivity index (χ1n) is 16.1. The van der Waals surface area contributed by atoms with Crippen molar-refractivity contribution in [2.75, 3.05) is 29.3 Å². The Labute approximate surface area is 293 Å². The van der Waals surface area contributed by atoms with Gasteiger partial charge in [-0.2, -0.15) is 26.3 Å². The first-order valence-corrected chi connectivity index (χ1v) is 16.9. The highest BCUT2D eigenvalue weighted by atomic mass is 32.2. The van der Waals surface area contributed by atoms with E-state index < -0.39 is 49.2 Å². The lowest BCUT2D eigenvalue weighted by Gasteiger charge is -2.26. The molecular weight excluding hydrogens is 708 g/mol. The zero-order valence-corrected chi connectivity index (χ0v) is 28.4. The van der Waals surface area contributed by atoms with Gasteiger partial charge >= 0.3 is 12.4 Å². The van der Waals surface area contributed by atoms with Gasteiger partial charge in [-0.1, -0.05) is 36.8 Å². The van der Waals surface area contributed by atoms with Crippen molar-refractivity contribution in [2.24, 2.45) is 5.41 Å². The maximum absolute atomic E-state index is 16.0. The molecule has 4 bridgehead atoms. The molecule has 4 heterocycles. The minimum absolute atomic E-state index is 0.0969. The van der Waals surface area contributed by atoms with Crippen LogP contribution in [0.15, 0.2) is 71.9 Å². The summed E-state index contributed by atoms with van der Waals surface area (Å²) in [7, 11) is 0. The molecule has 0 aliphatic carbocycles. The van der Waals surface area contributed by atoms with Crippen LogP contribution in [0.25, 0.3) is 16.9 Å². The van der Waals surface area contributed by atoms with Gasteiger partial charge < -0.3 is 19.5 Å². The van der Waals surface area contributed by atoms with Crippen LogP contribution in [0.1, 0.15) is 51.5 Å². The summed E-state index contributed by atoms with van der Waals surface area (Å²) in [6.45, 7) is 1.38. The average molecular weight is 745 g/mol. The lowest BCUT2D eigenvalue weighted by atomic mass is 9.94. The van der Waals surface area contributed by atoms with Gasteiger partial charge in [0.2, 0.25) is 5.88 Å². The van der Waals surface area contributed by atoms with Crippen molar-refractivity contribution >= 4 is 23.6 Å². The molecule has 3 aromatic heterocycles. The monoisotopic (exact) mass is 744 g/mol. The molecule has 1 aliphatic rings. The van der Waals surface area contributed by atoms with Crippen molar-refractivity contribution < 1.29 is 45.0 Å². The van der Waals surface area contributed by atoms with Crippen LogP contribution in [-0.4, -0.2) is 63.0 Å². The van der Waals surface area contributed by atoms with Gasteiger partial charge in [0.15, 0.2) is 6.10 Å². The highest BCUT2D eigenvalue weighted by molar-refractivity contribution is 8.00. The molecule has 0 radical (unpaired) electrons. The number of fused-ring (bicyclic) bond motifs is 6. The summed E-state index contributed by atoms with van der Waals surface area (Å²) in [5.41, 5.74) is -1.96. The zero-order chi connectivity index (χ0) is 37.0. The highest BCUT2D eigenvalue weighted by Gasteiger charge is 2.48. The molecule has 0 spiro atoms. The fourth-order valence-corrected chi connectivity index (χ4v) is 5.85. The van der Waals surface area contributed by atoms with E-state index in [4.69, 9.17) is 4.74 Å². The third kappa shape index (κ3) is 9.41. The molecule has 276 valence electrons. The smallest absolute Gasteiger partial charge is 0.414 e. The summed E-state index contributed by atoms with van der Waals surface area (Å²) in [5, 5.41) is 14.3. The molecular formula is C34H36F8N6O2S. The maximum atomic E-state index is 16.0. The molecule has 4 aromatic rings. The number of pyridine rings is 2. The number of nitrogens with one attached hydrogen (secondary N) is 1. The molecule has 0 fully saturated rings. The van der Waals surface area contributed by atoms with Gasteiger partial charge in [0.25, 0.3) is 5.92 Å². The van der Waals surface area contributed by atoms with Gasteiger partial charge in [-0.3, -0.25) is 0 Å². The third-order valence-electron chi connectivity index (χ3n) is 8.37. The number of rotatable bonds is 7. The van der Waals surface area contributed by atoms with E-state index in [1.165, 1.54) is 35.1 Å². The van der Waals surface area contributed by atoms with Gasteiger partial charge in [-0.15, -0.1) is 5.10 Å². The Bertz CT molecular complexity index is 1780. The number of hydrogen-bond acceptors (Lipinski definition) is 8. The van der Waals surface area contributed by atoms with E-state index in [0.717, 1.165) is 25.8 Å². The lowest BCUT2D eigenvalue weighted by molar-refractivity contribution is -0.219. The van der Waals surface area contributed by atoms with E-state index >= 15 is 8.78 Å². The van der Waals surface area contributed by atoms with E-state index in [1.807, 2.05) is 0 Å². The highest BCUT2D eigenvalue weighted by Crippen LogP contribution is 2.42. The number of aliphatic hydroxyl groups is 1. The van der Waals surface area contributed by atoms with Crippen molar-refractivity contribution in [3.05, 3.63) is 72.4 Å². The van der Waals surface area contributed by atoms with Crippen LogP contribution in [0, 0.1) is 5.41 Å². The summed E-state index contributed by atoms with van der Waals surface area (Å²) < 4.78 is 121. The second-order valence-corrected chi connectivity index (χ2v) is 13.6. The molecule has 0 saturated heterocycles. The number of nitrogens with zero attached hydrogens (tertiary/aromatic N) is 5. The lowest BCUT2D eigenvalue weighted by Crippen LogP contribution is -2.37. The molecule has 1 aliphatic heterocycles. The predicted octanol–water partition coefficient (Wildman–Crippen LogP) is 9.20. The number of hydrogen-bond donors (Lipinski definition) is 2. The molecule has 0 amide bonds. The maximum Gasteiger partial charge on any atom is 0.414 e. The van der Waals surface area contributed by atoms with E-state index in [9.17, 15) is 31.4 Å². The van der Waals surface area contributed by atoms with Crippen LogP contribution in [0.5, 0.6) is 5.88 Å². The van der Waals surface area contributed by atoms with Crippen LogP contribution in [-0.2, 0) is 5.92 Å². The second-order valence-electron chi connectivity index (χ2n) is 12.8. The number of ether oxygens (including phenoxy) is 1. The van der Waals surface area contributed by atoms with Crippen molar-refractivity contribution in [3.63, 3.8) is 0 Å². The Balaban J connectivity index is 1.49. The molecule has 1 unspecified atom stereocenters. The molecule has 5 rings (SSSR count). The molecule has 0 saturated carbocycles. The fourth-order valence-electron chi connectivity index (χ4n) is 5.24. The van der Waals surface area contributed by atoms with Gasteiger partial charge in [0.1, 0.15) is 23.3 Å². The number of benzene rings is 1. The van der Waals surface area contributed by atoms with E-state index in [1.54, 1.807) is 41.3 Å². The topological polar surface area (TPSA) is 88.3 Å². The summed E-state index contributed by atoms with van der Waals surface area (Å²) in [4.78, 5) is 10.8. The minimum atomic E-state index is -4.78. The molecule has 17 heteroatoms. The van der Waals surface area contributed by atoms with Crippen molar-refractivity contribution in [1.82, 2.24) is 19.7 Å². The molecule has 8 nitrogen and oxygen atoms in total. The fraction of sp³-hybridized carbons (Fsp3) is 0.441. The normalized spacial score (nSPS) is 16.5. The van der Waals surface area contributed by atoms with Gasteiger partial charge in [0.05, 0.1) is 16.8 Å². The summed E-state index contributed by atoms with van der Waals surface area (Å²) in [6.07, 6.45) is -10.7. The standard InChI is InChI=1S/C34H36F8N6O2S/c1-31(2,34(40,41)42)21-50-28-16-20-48(45-28)24-13-14-26-43-30(24)22-9-4-5-10-23(22)32(35,36)17-6-3-7-18-47(19-15-25(49)33(37,38)39)27-11-8-12-29(44-27)51-46-26/h4-5,8-14,16,20,25,49H,3,6-7,15,17-19,21H2,1-2H3,(H,43,46). The van der Waals surface area contributed by atoms with Crippen LogP contribution >= 0.6 is 11.9 Å². The van der Waals surface area contributed by atoms with Crippen molar-refractivity contribution in [1.29, 1.82) is 0 Å². The largest absolute Gasteiger partial charge is 0.476 e. The van der Waals surface area contributed by atoms with Crippen molar-refractivity contribution in [3.8, 4) is 22.8 Å². The first-order chi connectivity index (χ1) is 23.9. The second kappa shape index (κ2) is 15.2. The minimum Gasteiger partial charge on any atom is -0.476 e. The number of aromatic nitrogens is 4. The number of halogens is 8. The van der Waals surface area contributed by atoms with Gasteiger partial charge in [-0.05, 0) is 57.4 Å². The van der Waals surface area contributed by atoms with Crippen molar-refractivity contribution in [2.45, 2.75) is 75.4 Å². The quantitative estimate of drug-likeness (QED) is 0.143. The molecule has 1 aromatic carbocycles. The van der Waals surface area contributed by atoms with E-state index in [0.29, 0.717) is 23.7 Å². The summed E-state index contributed by atoms with van der Waals surface area (Å²) in [6, 6.07) is 15.4. The van der Waals surface area contributed by atoms with Gasteiger partial charge in [0, 0.05) is 54.8 Å². The number of anilines is 2. The zero-order valence-electron chi connectivity index (χ0n) is 27.6. The average Bonchev–Trinajstić information content (AvgIpc) is 3.55. The Morgan fingerprint density at radius 2 is 1.71 bits per heavy atom. The number of aliphatic hydroxyl groups excluding tert-OH is 1. The van der Waals surface area contributed by atoms with Crippen LogP contribution in [0.2, 0.25) is 0 Å². The van der Waals surface area contributed by atoms with Crippen LogP contribution < -0.4 is 14.4 Å². The Hall–Kier alpha value is -4.12. The Kier molecular flexibility index (Phi) is 11.4. The van der Waals surface area contributed by atoms with Crippen LogP contribution in [0.4, 0.5) is 46.8 Å². The van der Waals surface area contributed by atoms with E-state index in [2.05, 4.69) is 19.8 Å². The van der Waals surface area contributed by atoms with E-state index in [-0.39, 0.29) is 53.7 Å². The third-order valence-corrected chi connectivity index (χ3v) is 9.12. The summed E-state index contributed by atoms with van der Waals surface area (Å²) >= 11 is 1.04. The molecule has 51 heavy (non-hydrogen) atoms. The SMILES string of the molecule is CC(C)(COc1ccn(-c2ccc3nc2-c2ccccc2C(F)(F)CCCCCN(CCC(O)C(F)(F)F)c2cccc(n2)SN3)n1)C(F)(F)F. The first kappa shape index (κ1) is 38.1. The molecule has 2 N–H and O–H groups in total. The Morgan fingerprint density at radius 1 is 0.941 bits per heavy atom. The van der Waals surface area contributed by atoms with Crippen LogP contribution in [0.3, 0.4) is 0 Å².